The van der Waals surface area contributed by atoms with Gasteiger partial charge in [-0.15, -0.1) is 0 Å². The van der Waals surface area contributed by atoms with Gasteiger partial charge in [0.15, 0.2) is 0 Å². The molecular formula is C13H13Br2N. The van der Waals surface area contributed by atoms with Crippen molar-refractivity contribution in [2.45, 2.75) is 13.8 Å². The van der Waals surface area contributed by atoms with Crippen molar-refractivity contribution in [3.63, 3.8) is 0 Å². The van der Waals surface area contributed by atoms with Crippen molar-refractivity contribution in [2.24, 2.45) is 0 Å². The number of rotatable bonds is 0. The van der Waals surface area contributed by atoms with Crippen LogP contribution < -0.4 is 0 Å². The van der Waals surface area contributed by atoms with E-state index in [1.54, 1.807) is 6.20 Å². The van der Waals surface area contributed by atoms with Crippen molar-refractivity contribution in [3.05, 3.63) is 62.8 Å². The molecule has 84 valence electrons. The highest BCUT2D eigenvalue weighted by atomic mass is 79.9. The molecule has 1 aromatic carbocycles. The molecule has 0 aliphatic rings. The topological polar surface area (TPSA) is 12.9 Å². The van der Waals surface area contributed by atoms with Crippen LogP contribution in [0.3, 0.4) is 0 Å². The fraction of sp³-hybridized carbons (Fsp3) is 0.154. The summed E-state index contributed by atoms with van der Waals surface area (Å²) in [5.41, 5.74) is 2.35. The standard InChI is InChI=1S/C7H7Br.C6H6BrN/c1-6-2-4-7(8)5-3-6;1-5-2-3-6(7)4-8-5/h2-5H,1H3;2-4H,1H3. The maximum atomic E-state index is 4.03. The second-order valence-electron chi connectivity index (χ2n) is 3.41. The molecule has 0 saturated carbocycles. The highest BCUT2D eigenvalue weighted by molar-refractivity contribution is 9.10. The lowest BCUT2D eigenvalue weighted by atomic mass is 10.2. The number of pyridine rings is 1. The SMILES string of the molecule is Cc1ccc(Br)cc1.Cc1ccc(Br)cn1. The predicted octanol–water partition coefficient (Wildman–Crippen LogP) is 4.91. The second-order valence-corrected chi connectivity index (χ2v) is 5.24. The Morgan fingerprint density at radius 2 is 1.38 bits per heavy atom. The van der Waals surface area contributed by atoms with Gasteiger partial charge < -0.3 is 0 Å². The lowest BCUT2D eigenvalue weighted by Crippen LogP contribution is -1.75. The van der Waals surface area contributed by atoms with Crippen LogP contribution in [-0.4, -0.2) is 4.98 Å². The van der Waals surface area contributed by atoms with Gasteiger partial charge in [0, 0.05) is 20.8 Å². The van der Waals surface area contributed by atoms with Crippen LogP contribution in [0.1, 0.15) is 11.3 Å². The van der Waals surface area contributed by atoms with Gasteiger partial charge in [-0.3, -0.25) is 4.98 Å². The summed E-state index contributed by atoms with van der Waals surface area (Å²) < 4.78 is 2.17. The molecule has 0 atom stereocenters. The number of halogens is 2. The third kappa shape index (κ3) is 5.42. The summed E-state index contributed by atoms with van der Waals surface area (Å²) in [6, 6.07) is 12.2. The molecule has 0 N–H and O–H groups in total. The Labute approximate surface area is 113 Å². The van der Waals surface area contributed by atoms with Crippen molar-refractivity contribution >= 4 is 31.9 Å². The minimum Gasteiger partial charge on any atom is -0.260 e. The Kier molecular flexibility index (Phi) is 5.71. The quantitative estimate of drug-likeness (QED) is 0.662. The summed E-state index contributed by atoms with van der Waals surface area (Å²) in [5.74, 6) is 0. The third-order valence-electron chi connectivity index (χ3n) is 1.89. The average Bonchev–Trinajstić information content (AvgIpc) is 2.28. The maximum Gasteiger partial charge on any atom is 0.0413 e. The van der Waals surface area contributed by atoms with Crippen LogP contribution >= 0.6 is 31.9 Å². The molecule has 3 heteroatoms. The summed E-state index contributed by atoms with van der Waals surface area (Å²) in [5, 5.41) is 0. The Morgan fingerprint density at radius 1 is 0.812 bits per heavy atom. The van der Waals surface area contributed by atoms with Gasteiger partial charge in [-0.05, 0) is 54.0 Å². The van der Waals surface area contributed by atoms with Crippen molar-refractivity contribution in [1.82, 2.24) is 4.98 Å². The number of aromatic nitrogens is 1. The molecule has 0 bridgehead atoms. The lowest BCUT2D eigenvalue weighted by molar-refractivity contribution is 1.19. The number of hydrogen-bond acceptors (Lipinski definition) is 1. The third-order valence-corrected chi connectivity index (χ3v) is 2.88. The van der Waals surface area contributed by atoms with E-state index in [-0.39, 0.29) is 0 Å². The van der Waals surface area contributed by atoms with Gasteiger partial charge in [0.1, 0.15) is 0 Å². The summed E-state index contributed by atoms with van der Waals surface area (Å²) in [7, 11) is 0. The van der Waals surface area contributed by atoms with Gasteiger partial charge in [-0.25, -0.2) is 0 Å². The molecule has 16 heavy (non-hydrogen) atoms. The number of hydrogen-bond donors (Lipinski definition) is 0. The van der Waals surface area contributed by atoms with Crippen LogP contribution in [0.2, 0.25) is 0 Å². The van der Waals surface area contributed by atoms with Crippen molar-refractivity contribution in [1.29, 1.82) is 0 Å². The van der Waals surface area contributed by atoms with Crippen LogP contribution in [0.25, 0.3) is 0 Å². The predicted molar refractivity (Wildman–Crippen MR) is 75.6 cm³/mol. The maximum absolute atomic E-state index is 4.03. The summed E-state index contributed by atoms with van der Waals surface area (Å²) in [6.45, 7) is 4.04. The van der Waals surface area contributed by atoms with Crippen molar-refractivity contribution < 1.29 is 0 Å². The Morgan fingerprint density at radius 3 is 1.75 bits per heavy atom. The van der Waals surface area contributed by atoms with E-state index in [1.807, 2.05) is 31.2 Å². The van der Waals surface area contributed by atoms with Crippen LogP contribution in [0.4, 0.5) is 0 Å². The first-order chi connectivity index (χ1) is 7.58. The smallest absolute Gasteiger partial charge is 0.0413 e. The summed E-state index contributed by atoms with van der Waals surface area (Å²) in [6.07, 6.45) is 1.79. The average molecular weight is 343 g/mol. The van der Waals surface area contributed by atoms with Crippen LogP contribution in [0, 0.1) is 13.8 Å². The molecule has 0 radical (unpaired) electrons. The van der Waals surface area contributed by atoms with Gasteiger partial charge in [-0.2, -0.15) is 0 Å². The van der Waals surface area contributed by atoms with E-state index in [0.29, 0.717) is 0 Å². The fourth-order valence-electron chi connectivity index (χ4n) is 0.983. The molecule has 1 heterocycles. The highest BCUT2D eigenvalue weighted by Crippen LogP contribution is 2.08. The molecule has 0 saturated heterocycles. The lowest BCUT2D eigenvalue weighted by Gasteiger charge is -1.88. The zero-order chi connectivity index (χ0) is 12.0. The number of aryl methyl sites for hydroxylation is 2. The molecular weight excluding hydrogens is 330 g/mol. The van der Waals surface area contributed by atoms with Crippen LogP contribution in [0.15, 0.2) is 51.5 Å². The summed E-state index contributed by atoms with van der Waals surface area (Å²) >= 11 is 6.63. The molecule has 1 aromatic heterocycles. The van der Waals surface area contributed by atoms with Crippen molar-refractivity contribution in [3.8, 4) is 0 Å². The van der Waals surface area contributed by atoms with Gasteiger partial charge in [0.2, 0.25) is 0 Å². The second kappa shape index (κ2) is 6.81. The van der Waals surface area contributed by atoms with Crippen LogP contribution in [-0.2, 0) is 0 Å². The van der Waals surface area contributed by atoms with E-state index >= 15 is 0 Å². The monoisotopic (exact) mass is 341 g/mol. The molecule has 0 amide bonds. The van der Waals surface area contributed by atoms with Crippen molar-refractivity contribution in [2.75, 3.05) is 0 Å². The minimum atomic E-state index is 1.03. The van der Waals surface area contributed by atoms with Gasteiger partial charge in [0.05, 0.1) is 0 Å². The molecule has 0 aliphatic heterocycles. The first-order valence-electron chi connectivity index (χ1n) is 4.88. The molecule has 2 aromatic rings. The van der Waals surface area contributed by atoms with E-state index in [0.717, 1.165) is 14.6 Å². The molecule has 2 rings (SSSR count). The van der Waals surface area contributed by atoms with E-state index in [4.69, 9.17) is 0 Å². The minimum absolute atomic E-state index is 1.03. The van der Waals surface area contributed by atoms with E-state index in [1.165, 1.54) is 5.56 Å². The molecule has 0 fully saturated rings. The first-order valence-corrected chi connectivity index (χ1v) is 6.47. The molecule has 1 nitrogen and oxygen atoms in total. The van der Waals surface area contributed by atoms with E-state index in [2.05, 4.69) is 55.9 Å². The molecule has 0 aliphatic carbocycles. The Balaban J connectivity index is 0.000000160. The normalized spacial score (nSPS) is 9.25. The number of benzene rings is 1. The fourth-order valence-corrected chi connectivity index (χ4v) is 1.48. The van der Waals surface area contributed by atoms with E-state index < -0.39 is 0 Å². The van der Waals surface area contributed by atoms with E-state index in [9.17, 15) is 0 Å². The number of nitrogens with zero attached hydrogens (tertiary/aromatic N) is 1. The first kappa shape index (κ1) is 13.4. The van der Waals surface area contributed by atoms with Crippen LogP contribution in [0.5, 0.6) is 0 Å². The zero-order valence-corrected chi connectivity index (χ0v) is 12.4. The Hall–Kier alpha value is -0.670. The highest BCUT2D eigenvalue weighted by Gasteiger charge is 1.83. The largest absolute Gasteiger partial charge is 0.260 e. The molecule has 0 spiro atoms. The zero-order valence-electron chi connectivity index (χ0n) is 9.24. The van der Waals surface area contributed by atoms with Gasteiger partial charge in [-0.1, -0.05) is 33.6 Å². The molecule has 0 unspecified atom stereocenters. The van der Waals surface area contributed by atoms with Gasteiger partial charge in [0.25, 0.3) is 0 Å². The van der Waals surface area contributed by atoms with Gasteiger partial charge >= 0.3 is 0 Å². The Bertz CT molecular complexity index is 335. The summed E-state index contributed by atoms with van der Waals surface area (Å²) in [4.78, 5) is 4.03.